The molecular formula is C17H22F6O4S. The molecule has 11 heteroatoms. The molecule has 0 aliphatic rings. The fourth-order valence-corrected chi connectivity index (χ4v) is 2.33. The van der Waals surface area contributed by atoms with Crippen LogP contribution in [-0.2, 0) is 10.5 Å². The Morgan fingerprint density at radius 1 is 1.04 bits per heavy atom. The van der Waals surface area contributed by atoms with Crippen molar-refractivity contribution in [3.8, 4) is 5.75 Å². The lowest BCUT2D eigenvalue weighted by Crippen LogP contribution is -2.39. The second-order valence-electron chi connectivity index (χ2n) is 6.66. The van der Waals surface area contributed by atoms with Crippen LogP contribution in [0.15, 0.2) is 12.1 Å². The van der Waals surface area contributed by atoms with Crippen LogP contribution in [-0.4, -0.2) is 33.2 Å². The summed E-state index contributed by atoms with van der Waals surface area (Å²) in [6.45, 7) is 4.90. The quantitative estimate of drug-likeness (QED) is 0.318. The average molecular weight is 436 g/mol. The molecule has 0 amide bonds. The zero-order valence-electron chi connectivity index (χ0n) is 15.9. The van der Waals surface area contributed by atoms with Gasteiger partial charge >= 0.3 is 22.3 Å². The fourth-order valence-electron chi connectivity index (χ4n) is 1.94. The molecule has 0 aromatic heterocycles. The third-order valence-corrected chi connectivity index (χ3v) is 3.91. The SMILES string of the molecule is CC(C)c1cc(C=O)cc(C(C)C)c1OS(=O)(=O)F.CC(F)(F)C(F)(F)CF. The summed E-state index contributed by atoms with van der Waals surface area (Å²) >= 11 is 0. The van der Waals surface area contributed by atoms with Crippen LogP contribution in [0.5, 0.6) is 5.75 Å². The van der Waals surface area contributed by atoms with E-state index >= 15 is 0 Å². The van der Waals surface area contributed by atoms with E-state index in [-0.39, 0.29) is 24.5 Å². The van der Waals surface area contributed by atoms with Gasteiger partial charge in [-0.05, 0) is 35.1 Å². The lowest BCUT2D eigenvalue weighted by molar-refractivity contribution is -0.204. The largest absolute Gasteiger partial charge is 0.488 e. The van der Waals surface area contributed by atoms with Gasteiger partial charge in [-0.15, -0.1) is 0 Å². The second-order valence-corrected chi connectivity index (χ2v) is 7.61. The smallest absolute Gasteiger partial charge is 0.358 e. The number of carbonyl (C=O) groups is 1. The van der Waals surface area contributed by atoms with Gasteiger partial charge in [-0.3, -0.25) is 4.79 Å². The molecule has 0 bridgehead atoms. The summed E-state index contributed by atoms with van der Waals surface area (Å²) < 4.78 is 95.9. The summed E-state index contributed by atoms with van der Waals surface area (Å²) in [6, 6.07) is 3.04. The molecule has 162 valence electrons. The number of hydrogen-bond acceptors (Lipinski definition) is 4. The number of carbonyl (C=O) groups excluding carboxylic acids is 1. The Morgan fingerprint density at radius 3 is 1.61 bits per heavy atom. The molecule has 1 aromatic rings. The number of benzene rings is 1. The molecule has 0 atom stereocenters. The summed E-state index contributed by atoms with van der Waals surface area (Å²) in [7, 11) is -5.10. The number of halogens is 6. The topological polar surface area (TPSA) is 60.4 Å². The van der Waals surface area contributed by atoms with Gasteiger partial charge in [0.15, 0.2) is 12.4 Å². The zero-order chi connectivity index (χ0) is 22.5. The number of alkyl halides is 5. The van der Waals surface area contributed by atoms with Crippen molar-refractivity contribution in [3.63, 3.8) is 0 Å². The maximum atomic E-state index is 12.8. The van der Waals surface area contributed by atoms with Crippen LogP contribution in [0.2, 0.25) is 0 Å². The van der Waals surface area contributed by atoms with E-state index < -0.39 is 29.0 Å². The van der Waals surface area contributed by atoms with Gasteiger partial charge in [0.25, 0.3) is 0 Å². The van der Waals surface area contributed by atoms with Crippen LogP contribution in [0.25, 0.3) is 0 Å². The van der Waals surface area contributed by atoms with E-state index in [0.29, 0.717) is 23.0 Å². The van der Waals surface area contributed by atoms with Gasteiger partial charge in [0.1, 0.15) is 6.29 Å². The molecule has 0 radical (unpaired) electrons. The molecule has 0 fully saturated rings. The van der Waals surface area contributed by atoms with Gasteiger partial charge in [-0.25, -0.2) is 13.2 Å². The van der Waals surface area contributed by atoms with Gasteiger partial charge in [-0.2, -0.15) is 17.2 Å². The lowest BCUT2D eigenvalue weighted by atomic mass is 9.92. The van der Waals surface area contributed by atoms with E-state index in [1.165, 1.54) is 12.1 Å². The minimum Gasteiger partial charge on any atom is -0.358 e. The lowest BCUT2D eigenvalue weighted by Gasteiger charge is -2.18. The highest BCUT2D eigenvalue weighted by Gasteiger charge is 2.52. The normalized spacial score (nSPS) is 12.6. The zero-order valence-corrected chi connectivity index (χ0v) is 16.7. The first-order chi connectivity index (χ1) is 12.5. The Morgan fingerprint density at radius 2 is 1.43 bits per heavy atom. The van der Waals surface area contributed by atoms with Crippen molar-refractivity contribution in [2.45, 2.75) is 58.3 Å². The molecule has 1 aromatic carbocycles. The van der Waals surface area contributed by atoms with Crippen LogP contribution in [0.4, 0.5) is 25.8 Å². The molecule has 0 N–H and O–H groups in total. The van der Waals surface area contributed by atoms with Crippen LogP contribution >= 0.6 is 0 Å². The van der Waals surface area contributed by atoms with Crippen molar-refractivity contribution in [2.24, 2.45) is 0 Å². The first-order valence-corrected chi connectivity index (χ1v) is 9.36. The average Bonchev–Trinajstić information content (AvgIpc) is 2.52. The van der Waals surface area contributed by atoms with Crippen molar-refractivity contribution < 1.29 is 43.2 Å². The van der Waals surface area contributed by atoms with E-state index in [2.05, 4.69) is 4.18 Å². The third-order valence-electron chi connectivity index (χ3n) is 3.54. The molecule has 28 heavy (non-hydrogen) atoms. The minimum atomic E-state index is -5.10. The fraction of sp³-hybridized carbons (Fsp3) is 0.588. The number of aldehydes is 1. The van der Waals surface area contributed by atoms with Gasteiger partial charge in [0.2, 0.25) is 0 Å². The monoisotopic (exact) mass is 436 g/mol. The molecule has 0 saturated heterocycles. The molecule has 0 aliphatic heterocycles. The van der Waals surface area contributed by atoms with Crippen molar-refractivity contribution in [1.29, 1.82) is 0 Å². The number of rotatable bonds is 7. The van der Waals surface area contributed by atoms with Gasteiger partial charge < -0.3 is 4.18 Å². The van der Waals surface area contributed by atoms with Crippen LogP contribution < -0.4 is 4.18 Å². The van der Waals surface area contributed by atoms with Gasteiger partial charge in [0.05, 0.1) is 0 Å². The summed E-state index contributed by atoms with van der Waals surface area (Å²) in [6.07, 6.45) is 0.672. The molecule has 4 nitrogen and oxygen atoms in total. The van der Waals surface area contributed by atoms with Crippen LogP contribution in [0, 0.1) is 0 Å². The summed E-state index contributed by atoms with van der Waals surface area (Å²) in [5, 5.41) is 0. The molecule has 0 heterocycles. The third kappa shape index (κ3) is 7.69. The second kappa shape index (κ2) is 9.62. The van der Waals surface area contributed by atoms with E-state index in [0.717, 1.165) is 0 Å². The summed E-state index contributed by atoms with van der Waals surface area (Å²) in [4.78, 5) is 10.9. The van der Waals surface area contributed by atoms with Gasteiger partial charge in [0, 0.05) is 12.5 Å². The van der Waals surface area contributed by atoms with E-state index in [1.807, 2.05) is 27.7 Å². The maximum absolute atomic E-state index is 12.8. The Hall–Kier alpha value is -1.78. The van der Waals surface area contributed by atoms with Crippen molar-refractivity contribution in [3.05, 3.63) is 28.8 Å². The first-order valence-electron chi connectivity index (χ1n) is 8.05. The van der Waals surface area contributed by atoms with E-state index in [1.54, 1.807) is 0 Å². The molecule has 1 rings (SSSR count). The van der Waals surface area contributed by atoms with Crippen molar-refractivity contribution in [1.82, 2.24) is 0 Å². The predicted octanol–water partition coefficient (Wildman–Crippen LogP) is 5.59. The highest BCUT2D eigenvalue weighted by molar-refractivity contribution is 7.81. The van der Waals surface area contributed by atoms with E-state index in [4.69, 9.17) is 0 Å². The van der Waals surface area contributed by atoms with Crippen LogP contribution in [0.3, 0.4) is 0 Å². The Kier molecular flexibility index (Phi) is 9.01. The standard InChI is InChI=1S/C13H17FO4S.C4H5F5/c1-8(2)11-5-10(7-15)6-12(9(3)4)13(11)18-19(14,16)17;1-3(6,7)4(8,9)2-5/h5-9H,1-4H3;2H2,1H3. The Balaban J connectivity index is 0.000000684. The predicted molar refractivity (Wildman–Crippen MR) is 92.2 cm³/mol. The Labute approximate surface area is 160 Å². The van der Waals surface area contributed by atoms with E-state index in [9.17, 15) is 39.1 Å². The molecule has 0 saturated carbocycles. The Bertz CT molecular complexity index is 741. The highest BCUT2D eigenvalue weighted by atomic mass is 32.3. The highest BCUT2D eigenvalue weighted by Crippen LogP contribution is 2.36. The van der Waals surface area contributed by atoms with Crippen LogP contribution in [0.1, 0.15) is 67.9 Å². The van der Waals surface area contributed by atoms with Crippen molar-refractivity contribution >= 4 is 16.8 Å². The number of hydrogen-bond donors (Lipinski definition) is 0. The minimum absolute atomic E-state index is 0.0156. The molecule has 0 unspecified atom stereocenters. The first kappa shape index (κ1) is 26.2. The molecule has 0 spiro atoms. The summed E-state index contributed by atoms with van der Waals surface area (Å²) in [5.74, 6) is -9.00. The summed E-state index contributed by atoms with van der Waals surface area (Å²) in [5.41, 5.74) is 1.40. The molecule has 0 aliphatic carbocycles. The van der Waals surface area contributed by atoms with Crippen molar-refractivity contribution in [2.75, 3.05) is 6.67 Å². The van der Waals surface area contributed by atoms with Gasteiger partial charge in [-0.1, -0.05) is 31.6 Å². The molecular weight excluding hydrogens is 414 g/mol. The maximum Gasteiger partial charge on any atom is 0.488 e.